The number of aliphatic hydroxyl groups is 1. The standard InChI is InChI=1S/C19H20ClFN6O/c20-13-7-14(22)19(24-17-8-15(26-27-17)10-1-2-10)25-18(13)23-16(9-28)11-3-5-12(21)6-4-11/h3-8,10,16,28H,1-2,9,22H2,(H3,23,24,25,26,27). The highest BCUT2D eigenvalue weighted by molar-refractivity contribution is 6.33. The average molecular weight is 403 g/mol. The molecule has 3 aromatic rings. The van der Waals surface area contributed by atoms with E-state index in [4.69, 9.17) is 17.3 Å². The number of nitrogens with two attached hydrogens (primary N) is 1. The van der Waals surface area contributed by atoms with Crippen LogP contribution < -0.4 is 16.4 Å². The van der Waals surface area contributed by atoms with Gasteiger partial charge in [-0.1, -0.05) is 23.7 Å². The zero-order valence-corrected chi connectivity index (χ0v) is 15.7. The number of hydrogen-bond acceptors (Lipinski definition) is 6. The highest BCUT2D eigenvalue weighted by Crippen LogP contribution is 2.40. The summed E-state index contributed by atoms with van der Waals surface area (Å²) in [4.78, 5) is 4.45. The van der Waals surface area contributed by atoms with E-state index in [1.807, 2.05) is 6.07 Å². The van der Waals surface area contributed by atoms with E-state index >= 15 is 0 Å². The molecule has 9 heteroatoms. The molecule has 0 spiro atoms. The summed E-state index contributed by atoms with van der Waals surface area (Å²) in [6.07, 6.45) is 2.34. The average Bonchev–Trinajstić information content (AvgIpc) is 3.43. The number of aromatic amines is 1. The molecule has 0 bridgehead atoms. The molecule has 1 aliphatic carbocycles. The van der Waals surface area contributed by atoms with E-state index in [0.29, 0.717) is 39.6 Å². The SMILES string of the molecule is Nc1cc(Cl)c(NC(CO)c2ccc(F)cc2)nc1Nc1cc(C2CC2)[nH]n1. The monoisotopic (exact) mass is 402 g/mol. The lowest BCUT2D eigenvalue weighted by Crippen LogP contribution is -2.16. The number of halogens is 2. The van der Waals surface area contributed by atoms with Crippen LogP contribution in [0.1, 0.15) is 36.1 Å². The van der Waals surface area contributed by atoms with E-state index in [1.165, 1.54) is 25.0 Å². The number of aliphatic hydroxyl groups excluding tert-OH is 1. The number of pyridine rings is 1. The number of anilines is 4. The smallest absolute Gasteiger partial charge is 0.157 e. The van der Waals surface area contributed by atoms with Gasteiger partial charge < -0.3 is 21.5 Å². The van der Waals surface area contributed by atoms with Crippen molar-refractivity contribution in [2.24, 2.45) is 0 Å². The summed E-state index contributed by atoms with van der Waals surface area (Å²) >= 11 is 6.28. The van der Waals surface area contributed by atoms with E-state index in [0.717, 1.165) is 5.69 Å². The maximum absolute atomic E-state index is 13.2. The van der Waals surface area contributed by atoms with Crippen molar-refractivity contribution in [3.63, 3.8) is 0 Å². The van der Waals surface area contributed by atoms with Gasteiger partial charge in [-0.2, -0.15) is 5.10 Å². The predicted octanol–water partition coefficient (Wildman–Crippen LogP) is 3.95. The number of nitrogens with zero attached hydrogens (tertiary/aromatic N) is 2. The Kier molecular flexibility index (Phi) is 5.06. The first-order valence-corrected chi connectivity index (χ1v) is 9.32. The van der Waals surface area contributed by atoms with Crippen molar-refractivity contribution in [3.8, 4) is 0 Å². The molecule has 0 amide bonds. The van der Waals surface area contributed by atoms with Gasteiger partial charge in [0.15, 0.2) is 11.6 Å². The van der Waals surface area contributed by atoms with Gasteiger partial charge in [-0.3, -0.25) is 5.10 Å². The molecule has 2 aromatic heterocycles. The highest BCUT2D eigenvalue weighted by atomic mass is 35.5. The zero-order valence-electron chi connectivity index (χ0n) is 14.9. The second-order valence-electron chi connectivity index (χ2n) is 6.80. The third-order valence-electron chi connectivity index (χ3n) is 4.63. The Morgan fingerprint density at radius 2 is 2.00 bits per heavy atom. The van der Waals surface area contributed by atoms with Gasteiger partial charge in [-0.25, -0.2) is 9.37 Å². The van der Waals surface area contributed by atoms with Crippen molar-refractivity contribution in [2.45, 2.75) is 24.8 Å². The lowest BCUT2D eigenvalue weighted by atomic mass is 10.1. The fourth-order valence-corrected chi connectivity index (χ4v) is 3.14. The quantitative estimate of drug-likeness (QED) is 0.409. The lowest BCUT2D eigenvalue weighted by molar-refractivity contribution is 0.276. The van der Waals surface area contributed by atoms with Crippen LogP contribution in [-0.4, -0.2) is 26.9 Å². The number of rotatable bonds is 7. The molecule has 0 saturated heterocycles. The first-order valence-electron chi connectivity index (χ1n) is 8.94. The third kappa shape index (κ3) is 4.02. The van der Waals surface area contributed by atoms with Crippen LogP contribution in [0.5, 0.6) is 0 Å². The third-order valence-corrected chi connectivity index (χ3v) is 4.92. The van der Waals surface area contributed by atoms with Crippen LogP contribution in [0.25, 0.3) is 0 Å². The maximum atomic E-state index is 13.2. The highest BCUT2D eigenvalue weighted by Gasteiger charge is 2.25. The molecule has 1 aromatic carbocycles. The first-order chi connectivity index (χ1) is 13.5. The van der Waals surface area contributed by atoms with Crippen LogP contribution in [0.15, 0.2) is 36.4 Å². The van der Waals surface area contributed by atoms with Crippen molar-refractivity contribution >= 4 is 34.7 Å². The van der Waals surface area contributed by atoms with Crippen molar-refractivity contribution in [1.29, 1.82) is 0 Å². The molecule has 1 aliphatic rings. The first kappa shape index (κ1) is 18.5. The Morgan fingerprint density at radius 3 is 2.68 bits per heavy atom. The minimum absolute atomic E-state index is 0.221. The number of nitrogen functional groups attached to an aromatic ring is 1. The zero-order chi connectivity index (χ0) is 19.7. The van der Waals surface area contributed by atoms with E-state index in [1.54, 1.807) is 18.2 Å². The summed E-state index contributed by atoms with van der Waals surface area (Å²) in [6, 6.07) is 8.86. The molecule has 2 heterocycles. The second kappa shape index (κ2) is 7.65. The van der Waals surface area contributed by atoms with Crippen LogP contribution in [0.4, 0.5) is 27.5 Å². The number of H-pyrrole nitrogens is 1. The summed E-state index contributed by atoms with van der Waals surface area (Å²) in [6.45, 7) is -0.221. The molecule has 4 rings (SSSR count). The van der Waals surface area contributed by atoms with Crippen LogP contribution in [0, 0.1) is 5.82 Å². The normalized spacial score (nSPS) is 14.7. The van der Waals surface area contributed by atoms with E-state index in [9.17, 15) is 9.50 Å². The Bertz CT molecular complexity index is 973. The summed E-state index contributed by atoms with van der Waals surface area (Å²) in [7, 11) is 0. The van der Waals surface area contributed by atoms with Gasteiger partial charge in [-0.05, 0) is 36.6 Å². The van der Waals surface area contributed by atoms with E-state index < -0.39 is 6.04 Å². The van der Waals surface area contributed by atoms with Crippen LogP contribution in [0.3, 0.4) is 0 Å². The van der Waals surface area contributed by atoms with Gasteiger partial charge >= 0.3 is 0 Å². The van der Waals surface area contributed by atoms with Gasteiger partial charge in [0, 0.05) is 17.7 Å². The van der Waals surface area contributed by atoms with Crippen molar-refractivity contribution in [3.05, 3.63) is 58.5 Å². The fraction of sp³-hybridized carbons (Fsp3) is 0.263. The lowest BCUT2D eigenvalue weighted by Gasteiger charge is -2.19. The number of benzene rings is 1. The van der Waals surface area contributed by atoms with E-state index in [-0.39, 0.29) is 12.4 Å². The molecule has 1 atom stereocenters. The van der Waals surface area contributed by atoms with Gasteiger partial charge in [-0.15, -0.1) is 0 Å². The second-order valence-corrected chi connectivity index (χ2v) is 7.20. The molecular formula is C19H20ClFN6O. The van der Waals surface area contributed by atoms with Gasteiger partial charge in [0.2, 0.25) is 0 Å². The Labute approximate surface area is 166 Å². The number of hydrogen-bond donors (Lipinski definition) is 5. The molecule has 1 unspecified atom stereocenters. The minimum Gasteiger partial charge on any atom is -0.396 e. The van der Waals surface area contributed by atoms with E-state index in [2.05, 4.69) is 25.8 Å². The van der Waals surface area contributed by atoms with Gasteiger partial charge in [0.1, 0.15) is 11.6 Å². The summed E-state index contributed by atoms with van der Waals surface area (Å²) in [5.41, 5.74) is 8.20. The van der Waals surface area contributed by atoms with Crippen molar-refractivity contribution in [1.82, 2.24) is 15.2 Å². The van der Waals surface area contributed by atoms with Crippen molar-refractivity contribution in [2.75, 3.05) is 23.0 Å². The van der Waals surface area contributed by atoms with Crippen LogP contribution in [0.2, 0.25) is 5.02 Å². The molecular weight excluding hydrogens is 383 g/mol. The van der Waals surface area contributed by atoms with Gasteiger partial charge in [0.05, 0.1) is 23.4 Å². The van der Waals surface area contributed by atoms with Crippen molar-refractivity contribution < 1.29 is 9.50 Å². The largest absolute Gasteiger partial charge is 0.396 e. The molecule has 0 aliphatic heterocycles. The predicted molar refractivity (Wildman–Crippen MR) is 107 cm³/mol. The summed E-state index contributed by atoms with van der Waals surface area (Å²) < 4.78 is 13.2. The Hall–Kier alpha value is -2.84. The van der Waals surface area contributed by atoms with Crippen LogP contribution >= 0.6 is 11.6 Å². The topological polar surface area (TPSA) is 112 Å². The number of nitrogens with one attached hydrogen (secondary N) is 3. The number of aromatic nitrogens is 3. The van der Waals surface area contributed by atoms with Gasteiger partial charge in [0.25, 0.3) is 0 Å². The molecule has 1 saturated carbocycles. The minimum atomic E-state index is -0.506. The Balaban J connectivity index is 1.56. The van der Waals surface area contributed by atoms with Crippen LogP contribution in [-0.2, 0) is 0 Å². The molecule has 7 nitrogen and oxygen atoms in total. The molecule has 0 radical (unpaired) electrons. The Morgan fingerprint density at radius 1 is 1.25 bits per heavy atom. The molecule has 6 N–H and O–H groups in total. The molecule has 28 heavy (non-hydrogen) atoms. The summed E-state index contributed by atoms with van der Waals surface area (Å²) in [5.74, 6) is 1.57. The fourth-order valence-electron chi connectivity index (χ4n) is 2.92. The molecule has 146 valence electrons. The maximum Gasteiger partial charge on any atom is 0.157 e. The molecule has 1 fully saturated rings. The summed E-state index contributed by atoms with van der Waals surface area (Å²) in [5, 5.41) is 23.5.